The molecule has 82 valence electrons. The maximum Gasteiger partial charge on any atom is 0.0303 e. The van der Waals surface area contributed by atoms with Crippen LogP contribution < -0.4 is 11.1 Å². The van der Waals surface area contributed by atoms with Gasteiger partial charge in [-0.1, -0.05) is 12.5 Å². The lowest BCUT2D eigenvalue weighted by Gasteiger charge is -2.28. The number of pyridine rings is 1. The molecule has 15 heavy (non-hydrogen) atoms. The van der Waals surface area contributed by atoms with Crippen LogP contribution in [0.5, 0.6) is 0 Å². The zero-order chi connectivity index (χ0) is 10.5. The van der Waals surface area contributed by atoms with Crippen molar-refractivity contribution in [3.63, 3.8) is 0 Å². The number of nitrogens with one attached hydrogen (secondary N) is 1. The van der Waals surface area contributed by atoms with Gasteiger partial charge in [-0.2, -0.15) is 0 Å². The van der Waals surface area contributed by atoms with E-state index in [0.717, 1.165) is 12.6 Å². The number of nitrogens with two attached hydrogens (primary N) is 1. The fourth-order valence-electron chi connectivity index (χ4n) is 1.88. The van der Waals surface area contributed by atoms with E-state index in [2.05, 4.69) is 16.4 Å². The highest BCUT2D eigenvalue weighted by Gasteiger charge is 2.18. The van der Waals surface area contributed by atoms with Crippen molar-refractivity contribution in [2.24, 2.45) is 5.73 Å². The molecule has 1 aromatic rings. The number of rotatable bonds is 5. The second-order valence-corrected chi connectivity index (χ2v) is 4.26. The SMILES string of the molecule is NCC(CNC1CCC1)c1cccnc1. The summed E-state index contributed by atoms with van der Waals surface area (Å²) >= 11 is 0. The van der Waals surface area contributed by atoms with Crippen LogP contribution >= 0.6 is 0 Å². The molecule has 0 amide bonds. The van der Waals surface area contributed by atoms with E-state index in [9.17, 15) is 0 Å². The highest BCUT2D eigenvalue weighted by molar-refractivity contribution is 5.15. The van der Waals surface area contributed by atoms with Crippen molar-refractivity contribution in [2.45, 2.75) is 31.2 Å². The van der Waals surface area contributed by atoms with Crippen LogP contribution in [0.15, 0.2) is 24.5 Å². The molecule has 1 fully saturated rings. The summed E-state index contributed by atoms with van der Waals surface area (Å²) in [5.41, 5.74) is 7.03. The van der Waals surface area contributed by atoms with Gasteiger partial charge in [0, 0.05) is 37.4 Å². The zero-order valence-electron chi connectivity index (χ0n) is 9.02. The smallest absolute Gasteiger partial charge is 0.0303 e. The molecule has 3 N–H and O–H groups in total. The summed E-state index contributed by atoms with van der Waals surface area (Å²) in [6, 6.07) is 4.81. The molecule has 0 radical (unpaired) electrons. The van der Waals surface area contributed by atoms with Gasteiger partial charge in [-0.3, -0.25) is 4.98 Å². The van der Waals surface area contributed by atoms with Crippen LogP contribution in [0, 0.1) is 0 Å². The fourth-order valence-corrected chi connectivity index (χ4v) is 1.88. The predicted octanol–water partition coefficient (Wildman–Crippen LogP) is 1.27. The topological polar surface area (TPSA) is 50.9 Å². The van der Waals surface area contributed by atoms with Gasteiger partial charge in [-0.15, -0.1) is 0 Å². The minimum atomic E-state index is 0.402. The van der Waals surface area contributed by atoms with Gasteiger partial charge in [0.2, 0.25) is 0 Å². The van der Waals surface area contributed by atoms with Crippen LogP contribution in [-0.4, -0.2) is 24.1 Å². The summed E-state index contributed by atoms with van der Waals surface area (Å²) in [5.74, 6) is 0.402. The lowest BCUT2D eigenvalue weighted by Crippen LogP contribution is -2.39. The van der Waals surface area contributed by atoms with Crippen LogP contribution in [-0.2, 0) is 0 Å². The van der Waals surface area contributed by atoms with Crippen LogP contribution in [0.4, 0.5) is 0 Å². The molecule has 2 rings (SSSR count). The Morgan fingerprint density at radius 2 is 2.40 bits per heavy atom. The summed E-state index contributed by atoms with van der Waals surface area (Å²) in [4.78, 5) is 4.13. The predicted molar refractivity (Wildman–Crippen MR) is 61.7 cm³/mol. The van der Waals surface area contributed by atoms with E-state index in [1.165, 1.54) is 24.8 Å². The zero-order valence-corrected chi connectivity index (χ0v) is 9.02. The van der Waals surface area contributed by atoms with Crippen molar-refractivity contribution in [2.75, 3.05) is 13.1 Å². The Morgan fingerprint density at radius 3 is 2.93 bits per heavy atom. The average molecular weight is 205 g/mol. The van der Waals surface area contributed by atoms with E-state index in [4.69, 9.17) is 5.73 Å². The summed E-state index contributed by atoms with van der Waals surface area (Å²) < 4.78 is 0. The van der Waals surface area contributed by atoms with E-state index in [0.29, 0.717) is 12.5 Å². The first kappa shape index (κ1) is 10.6. The average Bonchev–Trinajstić information content (AvgIpc) is 2.23. The van der Waals surface area contributed by atoms with E-state index in [-0.39, 0.29) is 0 Å². The normalized spacial score (nSPS) is 18.5. The van der Waals surface area contributed by atoms with Crippen molar-refractivity contribution >= 4 is 0 Å². The molecular formula is C12H19N3. The first-order valence-electron chi connectivity index (χ1n) is 5.73. The van der Waals surface area contributed by atoms with Crippen LogP contribution in [0.2, 0.25) is 0 Å². The number of nitrogens with zero attached hydrogens (tertiary/aromatic N) is 1. The molecule has 3 heteroatoms. The molecule has 1 aliphatic rings. The molecule has 0 spiro atoms. The maximum absolute atomic E-state index is 5.78. The van der Waals surface area contributed by atoms with Gasteiger partial charge in [0.15, 0.2) is 0 Å². The van der Waals surface area contributed by atoms with Crippen molar-refractivity contribution in [3.05, 3.63) is 30.1 Å². The third kappa shape index (κ3) is 2.76. The Morgan fingerprint density at radius 1 is 1.53 bits per heavy atom. The molecule has 0 aliphatic heterocycles. The second-order valence-electron chi connectivity index (χ2n) is 4.26. The quantitative estimate of drug-likeness (QED) is 0.761. The lowest BCUT2D eigenvalue weighted by atomic mass is 9.92. The molecule has 1 heterocycles. The number of hydrogen-bond donors (Lipinski definition) is 2. The highest BCUT2D eigenvalue weighted by Crippen LogP contribution is 2.19. The fraction of sp³-hybridized carbons (Fsp3) is 0.583. The van der Waals surface area contributed by atoms with Crippen LogP contribution in [0.1, 0.15) is 30.7 Å². The van der Waals surface area contributed by atoms with Gasteiger partial charge in [-0.05, 0) is 24.5 Å². The number of hydrogen-bond acceptors (Lipinski definition) is 3. The molecule has 1 unspecified atom stereocenters. The van der Waals surface area contributed by atoms with Gasteiger partial charge < -0.3 is 11.1 Å². The molecule has 0 bridgehead atoms. The molecule has 1 saturated carbocycles. The highest BCUT2D eigenvalue weighted by atomic mass is 14.9. The third-order valence-corrected chi connectivity index (χ3v) is 3.20. The molecular weight excluding hydrogens is 186 g/mol. The van der Waals surface area contributed by atoms with Crippen LogP contribution in [0.3, 0.4) is 0 Å². The van der Waals surface area contributed by atoms with Crippen molar-refractivity contribution in [1.29, 1.82) is 0 Å². The van der Waals surface area contributed by atoms with Gasteiger partial charge in [-0.25, -0.2) is 0 Å². The summed E-state index contributed by atoms with van der Waals surface area (Å²) in [7, 11) is 0. The standard InChI is InChI=1S/C12H19N3/c13-7-11(9-15-12-4-1-5-12)10-3-2-6-14-8-10/h2-3,6,8,11-12,15H,1,4-5,7,9,13H2. The van der Waals surface area contributed by atoms with Crippen molar-refractivity contribution in [1.82, 2.24) is 10.3 Å². The molecule has 1 atom stereocenters. The Balaban J connectivity index is 1.86. The van der Waals surface area contributed by atoms with Crippen molar-refractivity contribution in [3.8, 4) is 0 Å². The van der Waals surface area contributed by atoms with E-state index in [1.54, 1.807) is 6.20 Å². The Labute approximate surface area is 91.1 Å². The van der Waals surface area contributed by atoms with E-state index >= 15 is 0 Å². The second kappa shape index (κ2) is 5.24. The van der Waals surface area contributed by atoms with Gasteiger partial charge in [0.05, 0.1) is 0 Å². The molecule has 0 aromatic carbocycles. The maximum atomic E-state index is 5.78. The van der Waals surface area contributed by atoms with Gasteiger partial charge >= 0.3 is 0 Å². The molecule has 1 aliphatic carbocycles. The monoisotopic (exact) mass is 205 g/mol. The van der Waals surface area contributed by atoms with E-state index in [1.807, 2.05) is 12.3 Å². The van der Waals surface area contributed by atoms with Crippen LogP contribution in [0.25, 0.3) is 0 Å². The summed E-state index contributed by atoms with van der Waals surface area (Å²) in [5, 5.41) is 3.56. The minimum Gasteiger partial charge on any atom is -0.330 e. The van der Waals surface area contributed by atoms with Gasteiger partial charge in [0.25, 0.3) is 0 Å². The minimum absolute atomic E-state index is 0.402. The molecule has 3 nitrogen and oxygen atoms in total. The number of aromatic nitrogens is 1. The van der Waals surface area contributed by atoms with Crippen molar-refractivity contribution < 1.29 is 0 Å². The van der Waals surface area contributed by atoms with E-state index < -0.39 is 0 Å². The lowest BCUT2D eigenvalue weighted by molar-refractivity contribution is 0.332. The molecule has 1 aromatic heterocycles. The molecule has 0 saturated heterocycles. The Bertz CT molecular complexity index is 282. The summed E-state index contributed by atoms with van der Waals surface area (Å²) in [6.07, 6.45) is 7.74. The first-order chi connectivity index (χ1) is 7.40. The summed E-state index contributed by atoms with van der Waals surface area (Å²) in [6.45, 7) is 1.66. The Kier molecular flexibility index (Phi) is 3.69. The largest absolute Gasteiger partial charge is 0.330 e. The van der Waals surface area contributed by atoms with Gasteiger partial charge in [0.1, 0.15) is 0 Å². The Hall–Kier alpha value is -0.930. The first-order valence-corrected chi connectivity index (χ1v) is 5.73. The third-order valence-electron chi connectivity index (χ3n) is 3.20.